The number of esters is 1. The SMILES string of the molecule is CS(=O)(=O)C(C(=O)OCC(Cl)(Cl)Cl)C1CC(=O)N(c2cc(Cl)cc(Cl)c2)C1=O. The fourth-order valence-corrected chi connectivity index (χ4v) is 4.61. The van der Waals surface area contributed by atoms with Crippen LogP contribution in [0.25, 0.3) is 0 Å². The largest absolute Gasteiger partial charge is 0.460 e. The standard InChI is InChI=1S/C15H12Cl5NO6S/c1-28(25,26)12(14(24)27-6-15(18,19)20)10-5-11(22)21(13(10)23)9-3-7(16)2-8(17)4-9/h2-4,10,12H,5-6H2,1H3. The van der Waals surface area contributed by atoms with Crippen LogP contribution < -0.4 is 4.90 Å². The Balaban J connectivity index is 2.37. The molecule has 0 radical (unpaired) electrons. The van der Waals surface area contributed by atoms with E-state index in [1.807, 2.05) is 0 Å². The Morgan fingerprint density at radius 3 is 2.21 bits per heavy atom. The predicted octanol–water partition coefficient (Wildman–Crippen LogP) is 3.20. The van der Waals surface area contributed by atoms with E-state index in [2.05, 4.69) is 0 Å². The van der Waals surface area contributed by atoms with Crippen LogP contribution in [0.1, 0.15) is 6.42 Å². The monoisotopic (exact) mass is 509 g/mol. The maximum atomic E-state index is 12.8. The van der Waals surface area contributed by atoms with Gasteiger partial charge in [-0.05, 0) is 18.2 Å². The van der Waals surface area contributed by atoms with Crippen molar-refractivity contribution in [1.29, 1.82) is 0 Å². The Bertz CT molecular complexity index is 909. The maximum Gasteiger partial charge on any atom is 0.325 e. The molecular weight excluding hydrogens is 499 g/mol. The lowest BCUT2D eigenvalue weighted by molar-refractivity contribution is -0.145. The van der Waals surface area contributed by atoms with Crippen LogP contribution in [-0.4, -0.2) is 48.1 Å². The van der Waals surface area contributed by atoms with Crippen LogP contribution >= 0.6 is 58.0 Å². The molecule has 2 amide bonds. The lowest BCUT2D eigenvalue weighted by atomic mass is 10.0. The van der Waals surface area contributed by atoms with E-state index in [0.717, 1.165) is 11.2 Å². The smallest absolute Gasteiger partial charge is 0.325 e. The van der Waals surface area contributed by atoms with Crippen molar-refractivity contribution in [1.82, 2.24) is 0 Å². The van der Waals surface area contributed by atoms with Gasteiger partial charge in [0.2, 0.25) is 15.6 Å². The Kier molecular flexibility index (Phi) is 7.17. The topological polar surface area (TPSA) is 97.8 Å². The summed E-state index contributed by atoms with van der Waals surface area (Å²) in [5, 5.41) is -1.63. The van der Waals surface area contributed by atoms with E-state index in [1.165, 1.54) is 18.2 Å². The van der Waals surface area contributed by atoms with Crippen molar-refractivity contribution in [2.24, 2.45) is 5.92 Å². The molecular formula is C15H12Cl5NO6S. The Morgan fingerprint density at radius 2 is 1.75 bits per heavy atom. The van der Waals surface area contributed by atoms with Gasteiger partial charge >= 0.3 is 5.97 Å². The number of alkyl halides is 3. The number of imide groups is 1. The molecule has 1 aliphatic rings. The number of halogens is 5. The van der Waals surface area contributed by atoms with Crippen LogP contribution in [0, 0.1) is 5.92 Å². The molecule has 1 aromatic rings. The summed E-state index contributed by atoms with van der Waals surface area (Å²) < 4.78 is 27.1. The molecule has 0 aliphatic carbocycles. The molecule has 28 heavy (non-hydrogen) atoms. The van der Waals surface area contributed by atoms with Gasteiger partial charge in [0.1, 0.15) is 6.61 Å². The van der Waals surface area contributed by atoms with Gasteiger partial charge < -0.3 is 4.74 Å². The molecule has 0 N–H and O–H groups in total. The minimum atomic E-state index is -4.15. The molecule has 1 fully saturated rings. The minimum Gasteiger partial charge on any atom is -0.460 e. The third-order valence-corrected chi connectivity index (χ3v) is 5.93. The normalized spacial score (nSPS) is 19.1. The highest BCUT2D eigenvalue weighted by Crippen LogP contribution is 2.34. The van der Waals surface area contributed by atoms with Gasteiger partial charge in [-0.2, -0.15) is 0 Å². The van der Waals surface area contributed by atoms with Crippen molar-refractivity contribution in [2.75, 3.05) is 17.8 Å². The van der Waals surface area contributed by atoms with E-state index in [4.69, 9.17) is 62.7 Å². The van der Waals surface area contributed by atoms with Gasteiger partial charge in [0.15, 0.2) is 15.1 Å². The summed E-state index contributed by atoms with van der Waals surface area (Å²) >= 11 is 28.2. The predicted molar refractivity (Wildman–Crippen MR) is 107 cm³/mol. The lowest BCUT2D eigenvalue weighted by Crippen LogP contribution is -2.43. The maximum absolute atomic E-state index is 12.8. The van der Waals surface area contributed by atoms with E-state index in [0.29, 0.717) is 0 Å². The summed E-state index contributed by atoms with van der Waals surface area (Å²) in [5.74, 6) is -4.45. The first-order valence-corrected chi connectivity index (χ1v) is 11.3. The zero-order valence-corrected chi connectivity index (χ0v) is 18.6. The molecule has 154 valence electrons. The van der Waals surface area contributed by atoms with E-state index >= 15 is 0 Å². The number of carbonyl (C=O) groups is 3. The molecule has 1 saturated heterocycles. The van der Waals surface area contributed by atoms with Gasteiger partial charge in [-0.15, -0.1) is 0 Å². The average molecular weight is 512 g/mol. The van der Waals surface area contributed by atoms with Gasteiger partial charge in [0.05, 0.1) is 11.6 Å². The third kappa shape index (κ3) is 5.64. The molecule has 0 saturated carbocycles. The summed E-state index contributed by atoms with van der Waals surface area (Å²) in [4.78, 5) is 38.2. The van der Waals surface area contributed by atoms with Crippen molar-refractivity contribution in [2.45, 2.75) is 15.5 Å². The van der Waals surface area contributed by atoms with Crippen LogP contribution in [0.3, 0.4) is 0 Å². The van der Waals surface area contributed by atoms with Crippen molar-refractivity contribution in [3.63, 3.8) is 0 Å². The summed E-state index contributed by atoms with van der Waals surface area (Å²) in [6.07, 6.45) is 0.203. The number of ether oxygens (including phenoxy) is 1. The molecule has 2 unspecified atom stereocenters. The fraction of sp³-hybridized carbons (Fsp3) is 0.400. The number of anilines is 1. The highest BCUT2D eigenvalue weighted by molar-refractivity contribution is 7.92. The number of rotatable bonds is 5. The van der Waals surface area contributed by atoms with Crippen LogP contribution in [0.15, 0.2) is 18.2 Å². The molecule has 0 bridgehead atoms. The van der Waals surface area contributed by atoms with Gasteiger partial charge in [-0.1, -0.05) is 58.0 Å². The highest BCUT2D eigenvalue weighted by atomic mass is 35.6. The Labute approximate surface area is 185 Å². The zero-order chi connectivity index (χ0) is 21.4. The van der Waals surface area contributed by atoms with Crippen molar-refractivity contribution >= 4 is 91.3 Å². The molecule has 2 rings (SSSR count). The third-order valence-electron chi connectivity index (χ3n) is 3.72. The summed E-state index contributed by atoms with van der Waals surface area (Å²) in [5.41, 5.74) is 0.0527. The second-order valence-corrected chi connectivity index (χ2v) is 11.5. The zero-order valence-electron chi connectivity index (χ0n) is 14.0. The first kappa shape index (κ1) is 23.5. The van der Waals surface area contributed by atoms with E-state index < -0.39 is 55.6 Å². The molecule has 1 aromatic carbocycles. The molecule has 1 heterocycles. The van der Waals surface area contributed by atoms with Crippen molar-refractivity contribution < 1.29 is 27.5 Å². The van der Waals surface area contributed by atoms with Gasteiger partial charge in [0, 0.05) is 22.7 Å². The van der Waals surface area contributed by atoms with E-state index in [9.17, 15) is 22.8 Å². The highest BCUT2D eigenvalue weighted by Gasteiger charge is 2.51. The molecule has 0 spiro atoms. The van der Waals surface area contributed by atoms with E-state index in [-0.39, 0.29) is 15.7 Å². The van der Waals surface area contributed by atoms with Gasteiger partial charge in [-0.3, -0.25) is 19.3 Å². The number of carbonyl (C=O) groups excluding carboxylic acids is 3. The first-order valence-electron chi connectivity index (χ1n) is 7.46. The summed E-state index contributed by atoms with van der Waals surface area (Å²) in [6.45, 7) is -0.731. The quantitative estimate of drug-likeness (QED) is 0.342. The van der Waals surface area contributed by atoms with Crippen LogP contribution in [0.2, 0.25) is 10.0 Å². The number of hydrogen-bond donors (Lipinski definition) is 0. The number of hydrogen-bond acceptors (Lipinski definition) is 6. The Hall–Kier alpha value is -0.770. The van der Waals surface area contributed by atoms with Crippen molar-refractivity contribution in [3.05, 3.63) is 28.2 Å². The fourth-order valence-electron chi connectivity index (χ4n) is 2.70. The first-order chi connectivity index (χ1) is 12.7. The average Bonchev–Trinajstić information content (AvgIpc) is 2.77. The Morgan fingerprint density at radius 1 is 1.21 bits per heavy atom. The van der Waals surface area contributed by atoms with Crippen molar-refractivity contribution in [3.8, 4) is 0 Å². The molecule has 1 aliphatic heterocycles. The number of nitrogens with zero attached hydrogens (tertiary/aromatic N) is 1. The van der Waals surface area contributed by atoms with Crippen LogP contribution in [-0.2, 0) is 29.0 Å². The number of benzene rings is 1. The second kappa shape index (κ2) is 8.53. The molecule has 2 atom stereocenters. The van der Waals surface area contributed by atoms with Gasteiger partial charge in [0.25, 0.3) is 0 Å². The molecule has 0 aromatic heterocycles. The number of amides is 2. The summed E-state index contributed by atoms with van der Waals surface area (Å²) in [7, 11) is -4.15. The summed E-state index contributed by atoms with van der Waals surface area (Å²) in [6, 6.07) is 4.01. The van der Waals surface area contributed by atoms with Gasteiger partial charge in [-0.25, -0.2) is 8.42 Å². The van der Waals surface area contributed by atoms with Crippen LogP contribution in [0.4, 0.5) is 5.69 Å². The number of sulfone groups is 1. The second-order valence-electron chi connectivity index (χ2n) is 5.98. The molecule has 13 heteroatoms. The minimum absolute atomic E-state index is 0.0527. The van der Waals surface area contributed by atoms with E-state index in [1.54, 1.807) is 0 Å². The molecule has 7 nitrogen and oxygen atoms in total. The van der Waals surface area contributed by atoms with Crippen LogP contribution in [0.5, 0.6) is 0 Å². The lowest BCUT2D eigenvalue weighted by Gasteiger charge is -2.21.